The minimum absolute atomic E-state index is 0.142. The van der Waals surface area contributed by atoms with E-state index in [9.17, 15) is 13.2 Å². The summed E-state index contributed by atoms with van der Waals surface area (Å²) >= 11 is 0. The zero-order chi connectivity index (χ0) is 18.6. The van der Waals surface area contributed by atoms with E-state index in [0.29, 0.717) is 5.65 Å². The normalized spacial score (nSPS) is 16.1. The van der Waals surface area contributed by atoms with Crippen molar-refractivity contribution in [2.24, 2.45) is 5.41 Å². The molecule has 1 fully saturated rings. The molecular weight excluding hydrogens is 359 g/mol. The largest absolute Gasteiger partial charge is 0.396 e. The van der Waals surface area contributed by atoms with Crippen molar-refractivity contribution in [3.8, 4) is 11.1 Å². The van der Waals surface area contributed by atoms with Crippen molar-refractivity contribution >= 4 is 22.6 Å². The second kappa shape index (κ2) is 5.41. The van der Waals surface area contributed by atoms with Crippen LogP contribution in [0.15, 0.2) is 37.1 Å². The van der Waals surface area contributed by atoms with Crippen molar-refractivity contribution in [2.45, 2.75) is 19.0 Å². The quantitative estimate of drug-likeness (QED) is 0.573. The molecule has 0 bridgehead atoms. The van der Waals surface area contributed by atoms with Gasteiger partial charge in [0, 0.05) is 41.6 Å². The Balaban J connectivity index is 1.43. The molecule has 0 aromatic carbocycles. The third kappa shape index (κ3) is 2.59. The number of nitrogens with one attached hydrogen (secondary N) is 2. The lowest BCUT2D eigenvalue weighted by molar-refractivity contribution is -0.182. The van der Waals surface area contributed by atoms with E-state index in [1.54, 1.807) is 16.9 Å². The highest BCUT2D eigenvalue weighted by Crippen LogP contribution is 2.57. The van der Waals surface area contributed by atoms with Crippen LogP contribution in [-0.4, -0.2) is 42.3 Å². The first kappa shape index (κ1) is 16.0. The fraction of sp³-hybridized carbons (Fsp3) is 0.294. The fourth-order valence-electron chi connectivity index (χ4n) is 3.17. The first-order valence-corrected chi connectivity index (χ1v) is 8.40. The van der Waals surface area contributed by atoms with Crippen molar-refractivity contribution in [1.82, 2.24) is 29.5 Å². The fourth-order valence-corrected chi connectivity index (χ4v) is 3.17. The van der Waals surface area contributed by atoms with Gasteiger partial charge in [-0.1, -0.05) is 0 Å². The van der Waals surface area contributed by atoms with E-state index in [0.717, 1.165) is 22.2 Å². The number of alkyl halides is 3. The van der Waals surface area contributed by atoms with Gasteiger partial charge in [0.25, 0.3) is 0 Å². The lowest BCUT2D eigenvalue weighted by Gasteiger charge is -2.19. The molecule has 1 aliphatic rings. The van der Waals surface area contributed by atoms with Crippen LogP contribution in [0.5, 0.6) is 0 Å². The van der Waals surface area contributed by atoms with Crippen LogP contribution < -0.4 is 5.32 Å². The van der Waals surface area contributed by atoms with Crippen LogP contribution in [-0.2, 0) is 0 Å². The Morgan fingerprint density at radius 2 is 2.07 bits per heavy atom. The molecule has 0 atom stereocenters. The van der Waals surface area contributed by atoms with E-state index in [1.165, 1.54) is 6.33 Å². The maximum atomic E-state index is 13.0. The summed E-state index contributed by atoms with van der Waals surface area (Å²) in [6, 6.07) is 3.77. The van der Waals surface area contributed by atoms with E-state index in [2.05, 4.69) is 30.4 Å². The van der Waals surface area contributed by atoms with Crippen molar-refractivity contribution in [3.05, 3.63) is 37.1 Å². The van der Waals surface area contributed by atoms with Crippen molar-refractivity contribution in [2.75, 3.05) is 11.9 Å². The first-order chi connectivity index (χ1) is 13.0. The zero-order valence-electron chi connectivity index (χ0n) is 14.0. The number of pyridine rings is 1. The number of aromatic amines is 1. The van der Waals surface area contributed by atoms with Crippen molar-refractivity contribution < 1.29 is 13.2 Å². The third-order valence-electron chi connectivity index (χ3n) is 5.06. The third-order valence-corrected chi connectivity index (χ3v) is 5.06. The molecule has 4 aromatic heterocycles. The number of hydrogen-bond donors (Lipinski definition) is 2. The van der Waals surface area contributed by atoms with Gasteiger partial charge in [0.2, 0.25) is 5.95 Å². The summed E-state index contributed by atoms with van der Waals surface area (Å²) < 4.78 is 40.8. The summed E-state index contributed by atoms with van der Waals surface area (Å²) in [5.74, 6) is 0.179. The molecule has 4 heterocycles. The molecule has 4 aromatic rings. The van der Waals surface area contributed by atoms with Gasteiger partial charge in [0.1, 0.15) is 12.0 Å². The Kier molecular flexibility index (Phi) is 3.22. The van der Waals surface area contributed by atoms with Gasteiger partial charge in [-0.15, -0.1) is 0 Å². The molecule has 10 heteroatoms. The average Bonchev–Trinajstić information content (AvgIpc) is 3.12. The smallest absolute Gasteiger partial charge is 0.353 e. The summed E-state index contributed by atoms with van der Waals surface area (Å²) in [5, 5.41) is 7.62. The number of nitrogens with zero attached hydrogens (tertiary/aromatic N) is 5. The molecule has 2 N–H and O–H groups in total. The van der Waals surface area contributed by atoms with Gasteiger partial charge in [0.05, 0.1) is 5.41 Å². The Bertz CT molecular complexity index is 1140. The average molecular weight is 373 g/mol. The van der Waals surface area contributed by atoms with Crippen LogP contribution in [0.1, 0.15) is 12.8 Å². The molecule has 0 unspecified atom stereocenters. The highest BCUT2D eigenvalue weighted by Gasteiger charge is 2.62. The maximum Gasteiger partial charge on any atom is 0.396 e. The highest BCUT2D eigenvalue weighted by atomic mass is 19.4. The Labute approximate surface area is 150 Å². The number of fused-ring (bicyclic) bond motifs is 2. The topological polar surface area (TPSA) is 83.8 Å². The Morgan fingerprint density at radius 3 is 2.85 bits per heavy atom. The van der Waals surface area contributed by atoms with Crippen LogP contribution in [0.25, 0.3) is 27.8 Å². The van der Waals surface area contributed by atoms with Crippen LogP contribution in [0.4, 0.5) is 19.1 Å². The molecule has 7 nitrogen and oxygen atoms in total. The van der Waals surface area contributed by atoms with Gasteiger partial charge < -0.3 is 10.3 Å². The van der Waals surface area contributed by atoms with Crippen molar-refractivity contribution in [1.29, 1.82) is 0 Å². The number of rotatable bonds is 4. The SMILES string of the molecule is FC(F)(F)C1(CNc2ncc3c(-c4ccc5ncnn5c4)c[nH]c3n2)CC1. The molecule has 1 saturated carbocycles. The lowest BCUT2D eigenvalue weighted by atomic mass is 10.1. The monoisotopic (exact) mass is 373 g/mol. The number of aromatic nitrogens is 6. The summed E-state index contributed by atoms with van der Waals surface area (Å²) in [4.78, 5) is 15.7. The predicted molar refractivity (Wildman–Crippen MR) is 92.1 cm³/mol. The summed E-state index contributed by atoms with van der Waals surface area (Å²) in [5.41, 5.74) is 1.43. The second-order valence-electron chi connectivity index (χ2n) is 6.77. The van der Waals surface area contributed by atoms with Crippen molar-refractivity contribution in [3.63, 3.8) is 0 Å². The lowest BCUT2D eigenvalue weighted by Crippen LogP contribution is -2.31. The van der Waals surface area contributed by atoms with E-state index in [-0.39, 0.29) is 25.3 Å². The summed E-state index contributed by atoms with van der Waals surface area (Å²) in [7, 11) is 0. The number of hydrogen-bond acceptors (Lipinski definition) is 5. The predicted octanol–water partition coefficient (Wildman–Crippen LogP) is 3.42. The molecule has 138 valence electrons. The van der Waals surface area contributed by atoms with Gasteiger partial charge in [-0.2, -0.15) is 23.3 Å². The van der Waals surface area contributed by atoms with Crippen LogP contribution in [0.3, 0.4) is 0 Å². The summed E-state index contributed by atoms with van der Waals surface area (Å²) in [6.07, 6.45) is 2.80. The standard InChI is InChI=1S/C17H14F3N7/c18-17(19,20)16(3-4-16)8-23-15-22-6-12-11(5-21-14(12)26-15)10-1-2-13-24-9-25-27(13)7-10/h1-2,5-7,9H,3-4,8H2,(H2,21,22,23,26). The molecule has 0 spiro atoms. The van der Waals surface area contributed by atoms with Crippen LogP contribution >= 0.6 is 0 Å². The van der Waals surface area contributed by atoms with Gasteiger partial charge in [-0.05, 0) is 25.0 Å². The molecule has 0 amide bonds. The van der Waals surface area contributed by atoms with E-state index in [1.807, 2.05) is 18.3 Å². The van der Waals surface area contributed by atoms with Crippen LogP contribution in [0, 0.1) is 5.41 Å². The van der Waals surface area contributed by atoms with E-state index >= 15 is 0 Å². The minimum atomic E-state index is -4.20. The Hall–Kier alpha value is -3.17. The van der Waals surface area contributed by atoms with Gasteiger partial charge in [0.15, 0.2) is 5.65 Å². The van der Waals surface area contributed by atoms with E-state index < -0.39 is 11.6 Å². The highest BCUT2D eigenvalue weighted by molar-refractivity contribution is 5.93. The van der Waals surface area contributed by atoms with E-state index in [4.69, 9.17) is 0 Å². The number of halogens is 3. The molecular formula is C17H14F3N7. The zero-order valence-corrected chi connectivity index (χ0v) is 14.0. The van der Waals surface area contributed by atoms with Gasteiger partial charge >= 0.3 is 6.18 Å². The molecule has 0 saturated heterocycles. The minimum Gasteiger partial charge on any atom is -0.353 e. The second-order valence-corrected chi connectivity index (χ2v) is 6.77. The number of anilines is 1. The number of H-pyrrole nitrogens is 1. The Morgan fingerprint density at radius 1 is 1.22 bits per heavy atom. The van der Waals surface area contributed by atoms with Crippen LogP contribution in [0.2, 0.25) is 0 Å². The summed E-state index contributed by atoms with van der Waals surface area (Å²) in [6.45, 7) is -0.210. The first-order valence-electron chi connectivity index (χ1n) is 8.40. The molecule has 5 rings (SSSR count). The van der Waals surface area contributed by atoms with Gasteiger partial charge in [-0.25, -0.2) is 14.5 Å². The van der Waals surface area contributed by atoms with Gasteiger partial charge in [-0.3, -0.25) is 0 Å². The molecule has 0 aliphatic heterocycles. The molecule has 0 radical (unpaired) electrons. The molecule has 1 aliphatic carbocycles. The maximum absolute atomic E-state index is 13.0. The molecule has 27 heavy (non-hydrogen) atoms.